The number of nitrogens with zero attached hydrogens (tertiary/aromatic N) is 3. The van der Waals surface area contributed by atoms with Crippen LogP contribution in [0.25, 0.3) is 6.08 Å². The SMILES string of the molecule is COc1cc(/C=C(/C#N)C(=O)Nc2nnc(COc3ccccc3)s2)cc(OC)c1OC. The molecule has 0 bridgehead atoms. The molecule has 164 valence electrons. The van der Waals surface area contributed by atoms with Crippen LogP contribution in [-0.4, -0.2) is 37.4 Å². The largest absolute Gasteiger partial charge is 0.493 e. The Labute approximate surface area is 188 Å². The molecule has 2 aromatic carbocycles. The van der Waals surface area contributed by atoms with Crippen molar-refractivity contribution in [2.24, 2.45) is 0 Å². The number of nitrogens with one attached hydrogen (secondary N) is 1. The first kappa shape index (κ1) is 22.6. The molecule has 3 aromatic rings. The maximum absolute atomic E-state index is 12.6. The Hall–Kier alpha value is -4.10. The van der Waals surface area contributed by atoms with Crippen LogP contribution in [0.3, 0.4) is 0 Å². The molecule has 1 heterocycles. The number of nitriles is 1. The molecule has 32 heavy (non-hydrogen) atoms. The van der Waals surface area contributed by atoms with E-state index in [1.807, 2.05) is 36.4 Å². The van der Waals surface area contributed by atoms with Crippen LogP contribution >= 0.6 is 11.3 Å². The highest BCUT2D eigenvalue weighted by molar-refractivity contribution is 7.15. The number of aromatic nitrogens is 2. The molecule has 9 nitrogen and oxygen atoms in total. The molecular formula is C22H20N4O5S. The topological polar surface area (TPSA) is 116 Å². The molecule has 0 atom stereocenters. The molecule has 0 aliphatic rings. The third-order valence-electron chi connectivity index (χ3n) is 4.16. The first-order valence-electron chi connectivity index (χ1n) is 9.31. The number of anilines is 1. The second-order valence-corrected chi connectivity index (χ2v) is 7.25. The summed E-state index contributed by atoms with van der Waals surface area (Å²) in [7, 11) is 4.46. The molecule has 10 heteroatoms. The number of rotatable bonds is 9. The highest BCUT2D eigenvalue weighted by atomic mass is 32.1. The fourth-order valence-electron chi connectivity index (χ4n) is 2.69. The highest BCUT2D eigenvalue weighted by Gasteiger charge is 2.16. The summed E-state index contributed by atoms with van der Waals surface area (Å²) in [5.74, 6) is 1.31. The second kappa shape index (κ2) is 10.8. The molecule has 0 spiro atoms. The van der Waals surface area contributed by atoms with Gasteiger partial charge in [-0.15, -0.1) is 10.2 Å². The normalized spacial score (nSPS) is 10.8. The Bertz CT molecular complexity index is 1130. The zero-order valence-electron chi connectivity index (χ0n) is 17.6. The molecule has 1 N–H and O–H groups in total. The summed E-state index contributed by atoms with van der Waals surface area (Å²) >= 11 is 1.16. The van der Waals surface area contributed by atoms with Crippen LogP contribution < -0.4 is 24.3 Å². The van der Waals surface area contributed by atoms with Gasteiger partial charge in [0.1, 0.15) is 24.0 Å². The van der Waals surface area contributed by atoms with Crippen LogP contribution in [0.5, 0.6) is 23.0 Å². The summed E-state index contributed by atoms with van der Waals surface area (Å²) in [4.78, 5) is 12.6. The van der Waals surface area contributed by atoms with Gasteiger partial charge < -0.3 is 18.9 Å². The van der Waals surface area contributed by atoms with Crippen molar-refractivity contribution in [2.45, 2.75) is 6.61 Å². The number of amides is 1. The average Bonchev–Trinajstić information content (AvgIpc) is 3.28. The number of methoxy groups -OCH3 is 3. The van der Waals surface area contributed by atoms with Crippen molar-refractivity contribution in [3.05, 3.63) is 58.6 Å². The molecule has 1 aromatic heterocycles. The zero-order chi connectivity index (χ0) is 22.9. The fourth-order valence-corrected chi connectivity index (χ4v) is 3.34. The lowest BCUT2D eigenvalue weighted by molar-refractivity contribution is -0.112. The van der Waals surface area contributed by atoms with E-state index in [4.69, 9.17) is 18.9 Å². The number of hydrogen-bond donors (Lipinski definition) is 1. The number of hydrogen-bond acceptors (Lipinski definition) is 9. The van der Waals surface area contributed by atoms with Gasteiger partial charge in [0.25, 0.3) is 5.91 Å². The van der Waals surface area contributed by atoms with Crippen LogP contribution in [0, 0.1) is 11.3 Å². The third-order valence-corrected chi connectivity index (χ3v) is 4.97. The van der Waals surface area contributed by atoms with Gasteiger partial charge in [0.05, 0.1) is 21.3 Å². The van der Waals surface area contributed by atoms with Gasteiger partial charge in [-0.1, -0.05) is 29.5 Å². The van der Waals surface area contributed by atoms with Crippen molar-refractivity contribution in [2.75, 3.05) is 26.6 Å². The monoisotopic (exact) mass is 452 g/mol. The number of carbonyl (C=O) groups is 1. The van der Waals surface area contributed by atoms with Crippen molar-refractivity contribution in [3.8, 4) is 29.1 Å². The summed E-state index contributed by atoms with van der Waals surface area (Å²) < 4.78 is 21.5. The Balaban J connectivity index is 1.72. The van der Waals surface area contributed by atoms with Gasteiger partial charge in [-0.2, -0.15) is 5.26 Å². The van der Waals surface area contributed by atoms with Gasteiger partial charge >= 0.3 is 0 Å². The molecule has 0 saturated heterocycles. The zero-order valence-corrected chi connectivity index (χ0v) is 18.4. The predicted octanol–water partition coefficient (Wildman–Crippen LogP) is 3.69. The van der Waals surface area contributed by atoms with E-state index in [1.54, 1.807) is 12.1 Å². The quantitative estimate of drug-likeness (QED) is 0.386. The van der Waals surface area contributed by atoms with E-state index in [0.717, 1.165) is 11.3 Å². The Kier molecular flexibility index (Phi) is 7.61. The lowest BCUT2D eigenvalue weighted by Crippen LogP contribution is -2.13. The van der Waals surface area contributed by atoms with Crippen LogP contribution in [0.1, 0.15) is 10.6 Å². The standard InChI is InChI=1S/C22H20N4O5S/c1-28-17-10-14(11-18(29-2)20(17)30-3)9-15(12-23)21(27)24-22-26-25-19(32-22)13-31-16-7-5-4-6-8-16/h4-11H,13H2,1-3H3,(H,24,26,27)/b15-9-. The third kappa shape index (κ3) is 5.53. The highest BCUT2D eigenvalue weighted by Crippen LogP contribution is 2.38. The maximum Gasteiger partial charge on any atom is 0.268 e. The summed E-state index contributed by atoms with van der Waals surface area (Å²) in [6.07, 6.45) is 1.42. The number of carbonyl (C=O) groups excluding carboxylic acids is 1. The van der Waals surface area contributed by atoms with Crippen LogP contribution in [0.2, 0.25) is 0 Å². The molecular weight excluding hydrogens is 432 g/mol. The van der Waals surface area contributed by atoms with Crippen LogP contribution in [-0.2, 0) is 11.4 Å². The van der Waals surface area contributed by atoms with E-state index in [0.29, 0.717) is 33.6 Å². The molecule has 3 rings (SSSR count). The van der Waals surface area contributed by atoms with E-state index in [9.17, 15) is 10.1 Å². The Morgan fingerprint density at radius 1 is 1.09 bits per heavy atom. The van der Waals surface area contributed by atoms with Crippen molar-refractivity contribution in [3.63, 3.8) is 0 Å². The maximum atomic E-state index is 12.6. The molecule has 0 fully saturated rings. The molecule has 0 unspecified atom stereocenters. The predicted molar refractivity (Wildman–Crippen MR) is 119 cm³/mol. The van der Waals surface area contributed by atoms with Crippen molar-refractivity contribution in [1.29, 1.82) is 5.26 Å². The number of benzene rings is 2. The molecule has 1 amide bonds. The molecule has 0 saturated carbocycles. The average molecular weight is 452 g/mol. The first-order chi connectivity index (χ1) is 15.6. The van der Waals surface area contributed by atoms with Gasteiger partial charge in [0.15, 0.2) is 16.5 Å². The summed E-state index contributed by atoms with van der Waals surface area (Å²) in [6.45, 7) is 0.212. The first-order valence-corrected chi connectivity index (χ1v) is 10.1. The van der Waals surface area contributed by atoms with E-state index in [2.05, 4.69) is 15.5 Å². The number of ether oxygens (including phenoxy) is 4. The summed E-state index contributed by atoms with van der Waals surface area (Å²) in [5.41, 5.74) is 0.400. The van der Waals surface area contributed by atoms with Gasteiger partial charge in [-0.3, -0.25) is 10.1 Å². The smallest absolute Gasteiger partial charge is 0.268 e. The van der Waals surface area contributed by atoms with E-state index < -0.39 is 5.91 Å². The van der Waals surface area contributed by atoms with Crippen molar-refractivity contribution in [1.82, 2.24) is 10.2 Å². The minimum absolute atomic E-state index is 0.128. The van der Waals surface area contributed by atoms with Gasteiger partial charge in [0.2, 0.25) is 10.9 Å². The van der Waals surface area contributed by atoms with E-state index in [-0.39, 0.29) is 17.3 Å². The van der Waals surface area contributed by atoms with Gasteiger partial charge in [-0.05, 0) is 35.9 Å². The van der Waals surface area contributed by atoms with Crippen molar-refractivity contribution < 1.29 is 23.7 Å². The Morgan fingerprint density at radius 2 is 1.78 bits per heavy atom. The van der Waals surface area contributed by atoms with Gasteiger partial charge in [-0.25, -0.2) is 0 Å². The van der Waals surface area contributed by atoms with Crippen LogP contribution in [0.4, 0.5) is 5.13 Å². The molecule has 0 aliphatic heterocycles. The molecule has 0 aliphatic carbocycles. The minimum atomic E-state index is -0.618. The lowest BCUT2D eigenvalue weighted by atomic mass is 10.1. The van der Waals surface area contributed by atoms with Crippen molar-refractivity contribution >= 4 is 28.5 Å². The van der Waals surface area contributed by atoms with E-state index in [1.165, 1.54) is 27.4 Å². The second-order valence-electron chi connectivity index (χ2n) is 6.19. The number of para-hydroxylation sites is 1. The van der Waals surface area contributed by atoms with E-state index >= 15 is 0 Å². The summed E-state index contributed by atoms with van der Waals surface area (Å²) in [6, 6.07) is 14.5. The summed E-state index contributed by atoms with van der Waals surface area (Å²) in [5, 5.41) is 20.8. The minimum Gasteiger partial charge on any atom is -0.493 e. The lowest BCUT2D eigenvalue weighted by Gasteiger charge is -2.13. The Morgan fingerprint density at radius 3 is 2.38 bits per heavy atom. The van der Waals surface area contributed by atoms with Gasteiger partial charge in [0, 0.05) is 0 Å². The fraction of sp³-hybridized carbons (Fsp3) is 0.182. The van der Waals surface area contributed by atoms with Crippen LogP contribution in [0.15, 0.2) is 48.0 Å². The molecule has 0 radical (unpaired) electrons.